The van der Waals surface area contributed by atoms with Crippen molar-refractivity contribution in [1.82, 2.24) is 0 Å². The molecule has 1 aliphatic rings. The van der Waals surface area contributed by atoms with Gasteiger partial charge in [0, 0.05) is 28.5 Å². The molecule has 0 amide bonds. The van der Waals surface area contributed by atoms with Gasteiger partial charge in [0.1, 0.15) is 13.1 Å². The summed E-state index contributed by atoms with van der Waals surface area (Å²) in [5.41, 5.74) is 5.75. The molecule has 0 fully saturated rings. The number of pyridine rings is 2. The summed E-state index contributed by atoms with van der Waals surface area (Å²) in [6.45, 7) is 11.1. The number of hydrogen-bond acceptors (Lipinski definition) is 0. The van der Waals surface area contributed by atoms with Gasteiger partial charge in [0.25, 0.3) is 0 Å². The standard InChI is InChI=1S/C21H24N2/c1-5-22-11-9-16-15(13-22)7-8-18-17-10-12-23(6-2)14-19(17)21(3,4)20(16)18/h7-14H,5-6H2,1-4H3/q+2. The Labute approximate surface area is 138 Å². The Morgan fingerprint density at radius 1 is 0.826 bits per heavy atom. The first-order valence-corrected chi connectivity index (χ1v) is 8.56. The molecular formula is C21H24N2+2. The molecule has 2 nitrogen and oxygen atoms in total. The van der Waals surface area contributed by atoms with Gasteiger partial charge in [-0.25, -0.2) is 9.13 Å². The normalized spacial score (nSPS) is 14.8. The van der Waals surface area contributed by atoms with E-state index in [9.17, 15) is 0 Å². The molecule has 0 bridgehead atoms. The van der Waals surface area contributed by atoms with Crippen LogP contribution in [0.4, 0.5) is 0 Å². The van der Waals surface area contributed by atoms with Gasteiger partial charge in [-0.1, -0.05) is 19.9 Å². The molecule has 2 heterocycles. The van der Waals surface area contributed by atoms with E-state index in [1.54, 1.807) is 0 Å². The van der Waals surface area contributed by atoms with Crippen LogP contribution in [0.1, 0.15) is 38.8 Å². The second kappa shape index (κ2) is 4.89. The quantitative estimate of drug-likeness (QED) is 0.637. The van der Waals surface area contributed by atoms with Crippen molar-refractivity contribution in [2.75, 3.05) is 0 Å². The van der Waals surface area contributed by atoms with Crippen LogP contribution in [0.3, 0.4) is 0 Å². The Morgan fingerprint density at radius 3 is 2.26 bits per heavy atom. The van der Waals surface area contributed by atoms with Crippen molar-refractivity contribution in [1.29, 1.82) is 0 Å². The average molecular weight is 304 g/mol. The predicted octanol–water partition coefficient (Wildman–Crippen LogP) is 3.76. The molecule has 0 atom stereocenters. The smallest absolute Gasteiger partial charge is 0.176 e. The fourth-order valence-corrected chi connectivity index (χ4v) is 4.02. The highest BCUT2D eigenvalue weighted by molar-refractivity contribution is 5.96. The van der Waals surface area contributed by atoms with E-state index in [1.165, 1.54) is 33.0 Å². The van der Waals surface area contributed by atoms with E-state index in [0.717, 1.165) is 13.1 Å². The third kappa shape index (κ3) is 1.94. The molecule has 0 N–H and O–H groups in total. The second-order valence-electron chi connectivity index (χ2n) is 6.99. The van der Waals surface area contributed by atoms with Crippen molar-refractivity contribution in [3.05, 3.63) is 60.2 Å². The van der Waals surface area contributed by atoms with Crippen LogP contribution in [0.25, 0.3) is 21.9 Å². The third-order valence-electron chi connectivity index (χ3n) is 5.35. The van der Waals surface area contributed by atoms with Gasteiger partial charge < -0.3 is 0 Å². The monoisotopic (exact) mass is 304 g/mol. The number of aryl methyl sites for hydroxylation is 2. The first kappa shape index (κ1) is 14.4. The van der Waals surface area contributed by atoms with Crippen LogP contribution in [0.15, 0.2) is 49.1 Å². The van der Waals surface area contributed by atoms with Gasteiger partial charge in [-0.05, 0) is 42.0 Å². The molecule has 0 radical (unpaired) electrons. The molecule has 1 aliphatic carbocycles. The van der Waals surface area contributed by atoms with Crippen molar-refractivity contribution in [3.8, 4) is 11.1 Å². The van der Waals surface area contributed by atoms with Gasteiger partial charge in [0.2, 0.25) is 0 Å². The zero-order valence-corrected chi connectivity index (χ0v) is 14.4. The Hall–Kier alpha value is -2.22. The van der Waals surface area contributed by atoms with E-state index in [4.69, 9.17) is 0 Å². The maximum atomic E-state index is 2.36. The molecule has 23 heavy (non-hydrogen) atoms. The lowest BCUT2D eigenvalue weighted by Gasteiger charge is -2.21. The van der Waals surface area contributed by atoms with Crippen LogP contribution >= 0.6 is 0 Å². The minimum atomic E-state index is 0.0424. The van der Waals surface area contributed by atoms with E-state index in [2.05, 4.69) is 85.9 Å². The van der Waals surface area contributed by atoms with E-state index >= 15 is 0 Å². The zero-order chi connectivity index (χ0) is 16.2. The van der Waals surface area contributed by atoms with E-state index in [-0.39, 0.29) is 5.41 Å². The van der Waals surface area contributed by atoms with Crippen LogP contribution in [0.2, 0.25) is 0 Å². The number of aromatic nitrogens is 2. The average Bonchev–Trinajstić information content (AvgIpc) is 2.81. The summed E-state index contributed by atoms with van der Waals surface area (Å²) in [4.78, 5) is 0. The van der Waals surface area contributed by atoms with Crippen molar-refractivity contribution in [2.45, 2.75) is 46.2 Å². The van der Waals surface area contributed by atoms with Crippen LogP contribution < -0.4 is 9.13 Å². The molecule has 0 unspecified atom stereocenters. The molecule has 0 aliphatic heterocycles. The molecule has 4 rings (SSSR count). The van der Waals surface area contributed by atoms with Gasteiger partial charge in [0.15, 0.2) is 24.8 Å². The highest BCUT2D eigenvalue weighted by Gasteiger charge is 2.39. The Kier molecular flexibility index (Phi) is 3.06. The summed E-state index contributed by atoms with van der Waals surface area (Å²) >= 11 is 0. The minimum absolute atomic E-state index is 0.0424. The highest BCUT2D eigenvalue weighted by atomic mass is 14.9. The first-order valence-electron chi connectivity index (χ1n) is 8.56. The zero-order valence-electron chi connectivity index (χ0n) is 14.4. The van der Waals surface area contributed by atoms with Crippen molar-refractivity contribution in [3.63, 3.8) is 0 Å². The van der Waals surface area contributed by atoms with Crippen molar-refractivity contribution in [2.24, 2.45) is 0 Å². The summed E-state index contributed by atoms with van der Waals surface area (Å²) in [5, 5.41) is 2.72. The van der Waals surface area contributed by atoms with Crippen LogP contribution in [-0.4, -0.2) is 0 Å². The van der Waals surface area contributed by atoms with E-state index in [1.807, 2.05) is 0 Å². The lowest BCUT2D eigenvalue weighted by molar-refractivity contribution is -0.694. The SMILES string of the molecule is CC[n+]1ccc2c(c1)C(C)(C)c1c-2ccc2c[n+](CC)ccc12. The first-order chi connectivity index (χ1) is 11.1. The Balaban J connectivity index is 2.04. The third-order valence-corrected chi connectivity index (χ3v) is 5.35. The largest absolute Gasteiger partial charge is 0.205 e. The predicted molar refractivity (Wildman–Crippen MR) is 93.3 cm³/mol. The maximum absolute atomic E-state index is 2.36. The molecule has 3 aromatic rings. The lowest BCUT2D eigenvalue weighted by atomic mass is 9.81. The van der Waals surface area contributed by atoms with Gasteiger partial charge >= 0.3 is 0 Å². The Bertz CT molecular complexity index is 923. The summed E-state index contributed by atoms with van der Waals surface area (Å²) in [5.74, 6) is 0. The van der Waals surface area contributed by atoms with Gasteiger partial charge in [-0.15, -0.1) is 0 Å². The highest BCUT2D eigenvalue weighted by Crippen LogP contribution is 2.50. The van der Waals surface area contributed by atoms with Crippen LogP contribution in [-0.2, 0) is 18.5 Å². The van der Waals surface area contributed by atoms with Gasteiger partial charge in [-0.3, -0.25) is 0 Å². The summed E-state index contributed by atoms with van der Waals surface area (Å²) in [7, 11) is 0. The molecule has 0 spiro atoms. The van der Waals surface area contributed by atoms with Gasteiger partial charge in [0.05, 0.1) is 0 Å². The number of fused-ring (bicyclic) bond motifs is 5. The Morgan fingerprint density at radius 2 is 1.52 bits per heavy atom. The molecule has 2 aromatic heterocycles. The minimum Gasteiger partial charge on any atom is -0.205 e. The summed E-state index contributed by atoms with van der Waals surface area (Å²) in [6, 6.07) is 9.15. The molecule has 0 saturated heterocycles. The second-order valence-corrected chi connectivity index (χ2v) is 6.99. The molecule has 0 saturated carbocycles. The van der Waals surface area contributed by atoms with E-state index in [0.29, 0.717) is 0 Å². The van der Waals surface area contributed by atoms with E-state index < -0.39 is 0 Å². The number of nitrogens with zero attached hydrogens (tertiary/aromatic N) is 2. The number of benzene rings is 1. The summed E-state index contributed by atoms with van der Waals surface area (Å²) in [6.07, 6.45) is 9.00. The molecular weight excluding hydrogens is 280 g/mol. The topological polar surface area (TPSA) is 7.76 Å². The maximum Gasteiger partial charge on any atom is 0.176 e. The van der Waals surface area contributed by atoms with Crippen LogP contribution in [0, 0.1) is 0 Å². The fourth-order valence-electron chi connectivity index (χ4n) is 4.02. The molecule has 2 heteroatoms. The lowest BCUT2D eigenvalue weighted by Crippen LogP contribution is -2.33. The molecule has 1 aromatic carbocycles. The fraction of sp³-hybridized carbons (Fsp3) is 0.333. The van der Waals surface area contributed by atoms with Crippen LogP contribution in [0.5, 0.6) is 0 Å². The van der Waals surface area contributed by atoms with Crippen molar-refractivity contribution < 1.29 is 9.13 Å². The van der Waals surface area contributed by atoms with Crippen molar-refractivity contribution >= 4 is 10.8 Å². The molecule has 116 valence electrons. The number of hydrogen-bond donors (Lipinski definition) is 0. The summed E-state index contributed by atoms with van der Waals surface area (Å²) < 4.78 is 4.52. The van der Waals surface area contributed by atoms with Gasteiger partial charge in [-0.2, -0.15) is 0 Å². The number of rotatable bonds is 2.